The molecule has 0 amide bonds. The fraction of sp³-hybridized carbons (Fsp3) is 0.308. The van der Waals surface area contributed by atoms with Gasteiger partial charge in [-0.15, -0.1) is 10.2 Å². The maximum atomic E-state index is 13.6. The predicted octanol–water partition coefficient (Wildman–Crippen LogP) is 3.16. The number of nitrogens with zero attached hydrogens (tertiary/aromatic N) is 4. The van der Waals surface area contributed by atoms with E-state index in [-0.39, 0.29) is 11.9 Å². The maximum Gasteiger partial charge on any atom is 0.191 e. The van der Waals surface area contributed by atoms with Gasteiger partial charge in [-0.1, -0.05) is 11.8 Å². The molecule has 0 radical (unpaired) electrons. The Morgan fingerprint density at radius 1 is 1.47 bits per heavy atom. The van der Waals surface area contributed by atoms with Crippen molar-refractivity contribution in [1.29, 1.82) is 5.26 Å². The Kier molecular flexibility index (Phi) is 4.17. The zero-order chi connectivity index (χ0) is 13.8. The Balaban J connectivity index is 2.15. The van der Waals surface area contributed by atoms with E-state index in [1.165, 1.54) is 23.9 Å². The topological polar surface area (TPSA) is 54.5 Å². The van der Waals surface area contributed by atoms with Crippen LogP contribution < -0.4 is 0 Å². The lowest BCUT2D eigenvalue weighted by Crippen LogP contribution is -2.01. The Hall–Kier alpha value is -1.87. The second kappa shape index (κ2) is 5.85. The molecule has 0 aliphatic rings. The Morgan fingerprint density at radius 2 is 2.26 bits per heavy atom. The van der Waals surface area contributed by atoms with Crippen molar-refractivity contribution in [3.8, 4) is 6.07 Å². The number of nitriles is 1. The number of aromatic nitrogens is 3. The smallest absolute Gasteiger partial charge is 0.191 e. The summed E-state index contributed by atoms with van der Waals surface area (Å²) in [5.41, 5.74) is 0.963. The number of halogens is 1. The molecular formula is C13H13FN4S. The minimum absolute atomic E-state index is 0.257. The van der Waals surface area contributed by atoms with Crippen LogP contribution in [0.25, 0.3) is 0 Å². The van der Waals surface area contributed by atoms with Crippen LogP contribution in [0, 0.1) is 17.1 Å². The molecule has 1 aromatic heterocycles. The molecule has 0 fully saturated rings. The van der Waals surface area contributed by atoms with Crippen molar-refractivity contribution in [2.75, 3.05) is 0 Å². The predicted molar refractivity (Wildman–Crippen MR) is 71.1 cm³/mol. The molecule has 0 aliphatic carbocycles. The minimum Gasteiger partial charge on any atom is -0.306 e. The SMILES string of the molecule is CC(C)n1cnnc1SCc1cc(C#N)ccc1F. The Morgan fingerprint density at radius 3 is 2.95 bits per heavy atom. The summed E-state index contributed by atoms with van der Waals surface area (Å²) in [7, 11) is 0. The molecule has 2 aromatic rings. The molecule has 6 heteroatoms. The number of hydrogen-bond donors (Lipinski definition) is 0. The van der Waals surface area contributed by atoms with Crippen LogP contribution in [0.15, 0.2) is 29.7 Å². The summed E-state index contributed by atoms with van der Waals surface area (Å²) in [6.07, 6.45) is 1.66. The van der Waals surface area contributed by atoms with Crippen LogP contribution in [-0.4, -0.2) is 14.8 Å². The molecule has 1 heterocycles. The van der Waals surface area contributed by atoms with Crippen LogP contribution in [-0.2, 0) is 5.75 Å². The third-order valence-electron chi connectivity index (χ3n) is 2.63. The van der Waals surface area contributed by atoms with Gasteiger partial charge < -0.3 is 4.57 Å². The summed E-state index contributed by atoms with van der Waals surface area (Å²) in [4.78, 5) is 0. The van der Waals surface area contributed by atoms with Gasteiger partial charge in [0.1, 0.15) is 12.1 Å². The molecule has 0 bridgehead atoms. The summed E-state index contributed by atoms with van der Waals surface area (Å²) in [5, 5.41) is 17.4. The van der Waals surface area contributed by atoms with Gasteiger partial charge >= 0.3 is 0 Å². The van der Waals surface area contributed by atoms with Crippen molar-refractivity contribution < 1.29 is 4.39 Å². The quantitative estimate of drug-likeness (QED) is 0.805. The molecule has 98 valence electrons. The van der Waals surface area contributed by atoms with Crippen LogP contribution in [0.4, 0.5) is 4.39 Å². The Labute approximate surface area is 115 Å². The highest BCUT2D eigenvalue weighted by Gasteiger charge is 2.10. The second-order valence-corrected chi connectivity index (χ2v) is 5.26. The third kappa shape index (κ3) is 3.12. The Bertz CT molecular complexity index is 615. The fourth-order valence-corrected chi connectivity index (χ4v) is 2.60. The van der Waals surface area contributed by atoms with Crippen molar-refractivity contribution in [2.45, 2.75) is 30.8 Å². The van der Waals surface area contributed by atoms with Gasteiger partial charge in [-0.2, -0.15) is 5.26 Å². The van der Waals surface area contributed by atoms with Gasteiger partial charge in [0, 0.05) is 11.8 Å². The number of benzene rings is 1. The molecule has 0 unspecified atom stereocenters. The molecule has 0 saturated heterocycles. The monoisotopic (exact) mass is 276 g/mol. The van der Waals surface area contributed by atoms with Crippen LogP contribution in [0.3, 0.4) is 0 Å². The highest BCUT2D eigenvalue weighted by molar-refractivity contribution is 7.98. The van der Waals surface area contributed by atoms with Crippen molar-refractivity contribution in [2.24, 2.45) is 0 Å². The first-order valence-corrected chi connectivity index (χ1v) is 6.81. The minimum atomic E-state index is -0.304. The molecular weight excluding hydrogens is 263 g/mol. The first-order chi connectivity index (χ1) is 9.11. The molecule has 19 heavy (non-hydrogen) atoms. The van der Waals surface area contributed by atoms with Crippen LogP contribution in [0.1, 0.15) is 31.0 Å². The van der Waals surface area contributed by atoms with E-state index in [2.05, 4.69) is 10.2 Å². The van der Waals surface area contributed by atoms with Crippen molar-refractivity contribution in [1.82, 2.24) is 14.8 Å². The first-order valence-electron chi connectivity index (χ1n) is 5.82. The highest BCUT2D eigenvalue weighted by Crippen LogP contribution is 2.24. The van der Waals surface area contributed by atoms with Gasteiger partial charge in [0.25, 0.3) is 0 Å². The van der Waals surface area contributed by atoms with Gasteiger partial charge in [-0.25, -0.2) is 4.39 Å². The normalized spacial score (nSPS) is 10.7. The zero-order valence-electron chi connectivity index (χ0n) is 10.7. The zero-order valence-corrected chi connectivity index (χ0v) is 11.5. The summed E-state index contributed by atoms with van der Waals surface area (Å²) in [6, 6.07) is 6.63. The van der Waals surface area contributed by atoms with Crippen molar-refractivity contribution in [3.63, 3.8) is 0 Å². The van der Waals surface area contributed by atoms with E-state index in [4.69, 9.17) is 5.26 Å². The van der Waals surface area contributed by atoms with Gasteiger partial charge in [0.05, 0.1) is 11.6 Å². The van der Waals surface area contributed by atoms with Crippen LogP contribution >= 0.6 is 11.8 Å². The molecule has 0 aliphatic heterocycles. The summed E-state index contributed by atoms with van der Waals surface area (Å²) < 4.78 is 15.6. The summed E-state index contributed by atoms with van der Waals surface area (Å²) in [5.74, 6) is 0.120. The van der Waals surface area contributed by atoms with Gasteiger partial charge in [0.2, 0.25) is 0 Å². The lowest BCUT2D eigenvalue weighted by atomic mass is 10.1. The molecule has 1 aromatic carbocycles. The van der Waals surface area contributed by atoms with E-state index in [0.717, 1.165) is 5.16 Å². The van der Waals surface area contributed by atoms with E-state index in [1.54, 1.807) is 12.4 Å². The van der Waals surface area contributed by atoms with Gasteiger partial charge in [0.15, 0.2) is 5.16 Å². The second-order valence-electron chi connectivity index (χ2n) is 4.32. The van der Waals surface area contributed by atoms with Gasteiger partial charge in [-0.05, 0) is 37.6 Å². The molecule has 4 nitrogen and oxygen atoms in total. The molecule has 0 atom stereocenters. The third-order valence-corrected chi connectivity index (χ3v) is 3.63. The molecule has 2 rings (SSSR count). The van der Waals surface area contributed by atoms with Crippen molar-refractivity contribution in [3.05, 3.63) is 41.5 Å². The van der Waals surface area contributed by atoms with E-state index < -0.39 is 0 Å². The molecule has 0 N–H and O–H groups in total. The largest absolute Gasteiger partial charge is 0.306 e. The van der Waals surface area contributed by atoms with E-state index >= 15 is 0 Å². The average molecular weight is 276 g/mol. The lowest BCUT2D eigenvalue weighted by molar-refractivity contribution is 0.549. The fourth-order valence-electron chi connectivity index (χ4n) is 1.59. The summed E-state index contributed by atoms with van der Waals surface area (Å²) >= 11 is 1.41. The van der Waals surface area contributed by atoms with Crippen LogP contribution in [0.5, 0.6) is 0 Å². The number of hydrogen-bond acceptors (Lipinski definition) is 4. The average Bonchev–Trinajstić information content (AvgIpc) is 2.86. The van der Waals surface area contributed by atoms with E-state index in [0.29, 0.717) is 16.9 Å². The lowest BCUT2D eigenvalue weighted by Gasteiger charge is -2.09. The molecule has 0 spiro atoms. The first kappa shape index (κ1) is 13.6. The number of rotatable bonds is 4. The van der Waals surface area contributed by atoms with E-state index in [9.17, 15) is 4.39 Å². The summed E-state index contributed by atoms with van der Waals surface area (Å²) in [6.45, 7) is 4.06. The van der Waals surface area contributed by atoms with Gasteiger partial charge in [-0.3, -0.25) is 0 Å². The number of thioether (sulfide) groups is 1. The highest BCUT2D eigenvalue weighted by atomic mass is 32.2. The van der Waals surface area contributed by atoms with Crippen LogP contribution in [0.2, 0.25) is 0 Å². The van der Waals surface area contributed by atoms with Crippen molar-refractivity contribution >= 4 is 11.8 Å². The maximum absolute atomic E-state index is 13.6. The van der Waals surface area contributed by atoms with E-state index in [1.807, 2.05) is 24.5 Å². The standard InChI is InChI=1S/C13H13FN4S/c1-9(2)18-8-16-17-13(18)19-7-11-5-10(6-15)3-4-12(11)14/h3-5,8-9H,7H2,1-2H3. The molecule has 0 saturated carbocycles.